The minimum atomic E-state index is -4.04. The SMILES string of the molecule is O=C(CN1C(=O)c2ccccc2S1(=O)=O)Nc1nnc(SCCOc2ccccc2)s1. The second-order valence-electron chi connectivity index (χ2n) is 6.24. The molecule has 9 nitrogen and oxygen atoms in total. The van der Waals surface area contributed by atoms with Gasteiger partial charge in [-0.25, -0.2) is 12.7 Å². The van der Waals surface area contributed by atoms with E-state index in [2.05, 4.69) is 15.5 Å². The number of hydrogen-bond acceptors (Lipinski definition) is 9. The van der Waals surface area contributed by atoms with Gasteiger partial charge in [-0.1, -0.05) is 53.4 Å². The number of amides is 2. The van der Waals surface area contributed by atoms with Crippen LogP contribution in [-0.4, -0.2) is 53.6 Å². The summed E-state index contributed by atoms with van der Waals surface area (Å²) in [5.74, 6) is 0.0142. The van der Waals surface area contributed by atoms with Crippen LogP contribution in [0.25, 0.3) is 0 Å². The number of benzene rings is 2. The highest BCUT2D eigenvalue weighted by atomic mass is 32.2. The molecule has 1 N–H and O–H groups in total. The molecule has 2 amide bonds. The summed E-state index contributed by atoms with van der Waals surface area (Å²) in [5, 5.41) is 10.6. The van der Waals surface area contributed by atoms with Gasteiger partial charge in [0.05, 0.1) is 12.2 Å². The van der Waals surface area contributed by atoms with Gasteiger partial charge in [-0.3, -0.25) is 14.9 Å². The molecular weight excluding hydrogens is 460 g/mol. The first-order valence-corrected chi connectivity index (χ1v) is 12.3. The third kappa shape index (κ3) is 4.70. The van der Waals surface area contributed by atoms with Crippen LogP contribution < -0.4 is 10.1 Å². The first-order chi connectivity index (χ1) is 14.9. The molecule has 2 aromatic carbocycles. The number of nitrogens with zero attached hydrogens (tertiary/aromatic N) is 3. The third-order valence-electron chi connectivity index (χ3n) is 4.17. The molecule has 1 aliphatic heterocycles. The van der Waals surface area contributed by atoms with Crippen molar-refractivity contribution >= 4 is 50.1 Å². The van der Waals surface area contributed by atoms with Crippen LogP contribution in [0.1, 0.15) is 10.4 Å². The largest absolute Gasteiger partial charge is 0.493 e. The van der Waals surface area contributed by atoms with Crippen molar-refractivity contribution in [2.24, 2.45) is 0 Å². The molecule has 2 heterocycles. The Morgan fingerprint density at radius 3 is 2.61 bits per heavy atom. The van der Waals surface area contributed by atoms with Gasteiger partial charge < -0.3 is 4.74 Å². The number of para-hydroxylation sites is 1. The normalized spacial score (nSPS) is 14.3. The zero-order valence-corrected chi connectivity index (χ0v) is 18.4. The van der Waals surface area contributed by atoms with Crippen LogP contribution >= 0.6 is 23.1 Å². The monoisotopic (exact) mass is 476 g/mol. The van der Waals surface area contributed by atoms with E-state index in [0.29, 0.717) is 21.0 Å². The van der Waals surface area contributed by atoms with Gasteiger partial charge in [-0.2, -0.15) is 0 Å². The fourth-order valence-corrected chi connectivity index (χ4v) is 5.98. The number of ether oxygens (including phenoxy) is 1. The van der Waals surface area contributed by atoms with E-state index >= 15 is 0 Å². The van der Waals surface area contributed by atoms with Crippen LogP contribution in [0.5, 0.6) is 5.75 Å². The second kappa shape index (κ2) is 9.04. The number of sulfonamides is 1. The molecule has 0 bridgehead atoms. The number of thioether (sulfide) groups is 1. The zero-order valence-electron chi connectivity index (χ0n) is 15.9. The number of carbonyl (C=O) groups excluding carboxylic acids is 2. The lowest BCUT2D eigenvalue weighted by Crippen LogP contribution is -2.37. The van der Waals surface area contributed by atoms with Crippen molar-refractivity contribution in [3.8, 4) is 5.75 Å². The van der Waals surface area contributed by atoms with E-state index in [4.69, 9.17) is 4.74 Å². The fourth-order valence-electron chi connectivity index (χ4n) is 2.80. The summed E-state index contributed by atoms with van der Waals surface area (Å²) in [6.07, 6.45) is 0. The van der Waals surface area contributed by atoms with Gasteiger partial charge in [0.25, 0.3) is 15.9 Å². The van der Waals surface area contributed by atoms with Gasteiger partial charge in [-0.15, -0.1) is 10.2 Å². The molecule has 0 aliphatic carbocycles. The lowest BCUT2D eigenvalue weighted by molar-refractivity contribution is -0.116. The van der Waals surface area contributed by atoms with Crippen LogP contribution in [0.3, 0.4) is 0 Å². The molecule has 0 spiro atoms. The van der Waals surface area contributed by atoms with Crippen LogP contribution in [0.2, 0.25) is 0 Å². The number of hydrogen-bond donors (Lipinski definition) is 1. The van der Waals surface area contributed by atoms with Crippen LogP contribution in [-0.2, 0) is 14.8 Å². The standard InChI is InChI=1S/C19H16N4O5S3/c24-16(12-23-17(25)14-8-4-5-9-15(14)31(23,26)27)20-18-21-22-19(30-18)29-11-10-28-13-6-2-1-3-7-13/h1-9H,10-12H2,(H,20,21,24). The topological polar surface area (TPSA) is 119 Å². The highest BCUT2D eigenvalue weighted by Crippen LogP contribution is 2.30. The number of nitrogens with one attached hydrogen (secondary N) is 1. The number of anilines is 1. The maximum absolute atomic E-state index is 12.5. The molecule has 0 radical (unpaired) electrons. The van der Waals surface area contributed by atoms with Crippen LogP contribution in [0.4, 0.5) is 5.13 Å². The number of fused-ring (bicyclic) bond motifs is 1. The van der Waals surface area contributed by atoms with E-state index in [1.54, 1.807) is 6.07 Å². The molecule has 0 fully saturated rings. The number of rotatable bonds is 8. The molecular formula is C19H16N4O5S3. The van der Waals surface area contributed by atoms with Crippen molar-refractivity contribution < 1.29 is 22.7 Å². The molecule has 0 unspecified atom stereocenters. The summed E-state index contributed by atoms with van der Waals surface area (Å²) in [5.41, 5.74) is 0.0580. The minimum Gasteiger partial charge on any atom is -0.493 e. The summed E-state index contributed by atoms with van der Waals surface area (Å²) in [4.78, 5) is 24.6. The van der Waals surface area contributed by atoms with Gasteiger partial charge in [0, 0.05) is 5.75 Å². The summed E-state index contributed by atoms with van der Waals surface area (Å²) < 4.78 is 31.8. The average Bonchev–Trinajstić information content (AvgIpc) is 3.29. The van der Waals surface area contributed by atoms with E-state index < -0.39 is 28.4 Å². The Morgan fingerprint density at radius 2 is 1.84 bits per heavy atom. The third-order valence-corrected chi connectivity index (χ3v) is 7.90. The van der Waals surface area contributed by atoms with Crippen LogP contribution in [0.15, 0.2) is 63.8 Å². The van der Waals surface area contributed by atoms with E-state index in [1.165, 1.54) is 30.0 Å². The molecule has 31 heavy (non-hydrogen) atoms. The van der Waals surface area contributed by atoms with E-state index in [-0.39, 0.29) is 15.6 Å². The molecule has 1 aromatic heterocycles. The Labute approximate surface area is 186 Å². The molecule has 0 atom stereocenters. The van der Waals surface area contributed by atoms with Crippen molar-refractivity contribution in [3.05, 3.63) is 60.2 Å². The van der Waals surface area contributed by atoms with Gasteiger partial charge >= 0.3 is 0 Å². The maximum Gasteiger partial charge on any atom is 0.269 e. The fraction of sp³-hybridized carbons (Fsp3) is 0.158. The highest BCUT2D eigenvalue weighted by molar-refractivity contribution is 8.01. The van der Waals surface area contributed by atoms with Crippen molar-refractivity contribution in [2.75, 3.05) is 24.2 Å². The van der Waals surface area contributed by atoms with Crippen molar-refractivity contribution in [1.82, 2.24) is 14.5 Å². The molecule has 0 saturated carbocycles. The summed E-state index contributed by atoms with van der Waals surface area (Å²) in [7, 11) is -4.04. The Kier molecular flexibility index (Phi) is 6.20. The Bertz CT molecular complexity index is 1210. The molecule has 1 aliphatic rings. The van der Waals surface area contributed by atoms with Crippen LogP contribution in [0, 0.1) is 0 Å². The number of carbonyl (C=O) groups is 2. The van der Waals surface area contributed by atoms with Crippen molar-refractivity contribution in [2.45, 2.75) is 9.24 Å². The van der Waals surface area contributed by atoms with Gasteiger partial charge in [0.1, 0.15) is 17.2 Å². The second-order valence-corrected chi connectivity index (χ2v) is 10.4. The number of aromatic nitrogens is 2. The Morgan fingerprint density at radius 1 is 1.10 bits per heavy atom. The van der Waals surface area contributed by atoms with E-state index in [9.17, 15) is 18.0 Å². The molecule has 12 heteroatoms. The van der Waals surface area contributed by atoms with Gasteiger partial charge in [0.15, 0.2) is 4.34 Å². The van der Waals surface area contributed by atoms with Gasteiger partial charge in [0.2, 0.25) is 11.0 Å². The molecule has 160 valence electrons. The first kappa shape index (κ1) is 21.3. The highest BCUT2D eigenvalue weighted by Gasteiger charge is 2.41. The summed E-state index contributed by atoms with van der Waals surface area (Å²) in [6, 6.07) is 15.3. The summed E-state index contributed by atoms with van der Waals surface area (Å²) >= 11 is 2.57. The minimum absolute atomic E-state index is 0.0580. The predicted octanol–water partition coefficient (Wildman–Crippen LogP) is 2.49. The van der Waals surface area contributed by atoms with E-state index in [0.717, 1.165) is 17.1 Å². The summed E-state index contributed by atoms with van der Waals surface area (Å²) in [6.45, 7) is -0.158. The lowest BCUT2D eigenvalue weighted by atomic mass is 10.2. The first-order valence-electron chi connectivity index (χ1n) is 9.05. The molecule has 0 saturated heterocycles. The smallest absolute Gasteiger partial charge is 0.269 e. The van der Waals surface area contributed by atoms with Crippen molar-refractivity contribution in [1.29, 1.82) is 0 Å². The Hall–Kier alpha value is -2.96. The quantitative estimate of drug-likeness (QED) is 0.299. The van der Waals surface area contributed by atoms with Gasteiger partial charge in [-0.05, 0) is 24.3 Å². The maximum atomic E-state index is 12.5. The Balaban J connectivity index is 1.29. The predicted molar refractivity (Wildman–Crippen MR) is 116 cm³/mol. The van der Waals surface area contributed by atoms with E-state index in [1.807, 2.05) is 30.3 Å². The van der Waals surface area contributed by atoms with Crippen molar-refractivity contribution in [3.63, 3.8) is 0 Å². The zero-order chi connectivity index (χ0) is 21.8. The average molecular weight is 477 g/mol. The lowest BCUT2D eigenvalue weighted by Gasteiger charge is -2.13. The molecule has 3 aromatic rings. The molecule has 4 rings (SSSR count).